The molecule has 0 fully saturated rings. The zero-order valence-electron chi connectivity index (χ0n) is 10.4. The first-order chi connectivity index (χ1) is 8.81. The number of fused-ring (bicyclic) bond motifs is 1. The van der Waals surface area contributed by atoms with E-state index in [0.717, 1.165) is 28.2 Å². The van der Waals surface area contributed by atoms with Gasteiger partial charge in [0.1, 0.15) is 11.6 Å². The number of hydrogen-bond acceptors (Lipinski definition) is 2. The van der Waals surface area contributed by atoms with Crippen molar-refractivity contribution in [3.63, 3.8) is 0 Å². The molecule has 3 rings (SSSR count). The Morgan fingerprint density at radius 3 is 2.50 bits per heavy atom. The molecule has 0 saturated carbocycles. The Morgan fingerprint density at radius 1 is 1.00 bits per heavy atom. The lowest BCUT2D eigenvalue weighted by molar-refractivity contribution is 0.416. The minimum atomic E-state index is 0.843. The number of aromatic nitrogens is 2. The van der Waals surface area contributed by atoms with Crippen LogP contribution in [0.15, 0.2) is 48.5 Å². The second-order valence-electron chi connectivity index (χ2n) is 4.18. The van der Waals surface area contributed by atoms with Crippen molar-refractivity contribution in [2.75, 3.05) is 7.11 Å². The highest BCUT2D eigenvalue weighted by Gasteiger charge is 2.12. The van der Waals surface area contributed by atoms with Crippen molar-refractivity contribution in [2.45, 2.75) is 0 Å². The average Bonchev–Trinajstić information content (AvgIpc) is 2.76. The van der Waals surface area contributed by atoms with Crippen LogP contribution in [0.3, 0.4) is 0 Å². The second-order valence-corrected chi connectivity index (χ2v) is 4.18. The minimum Gasteiger partial charge on any atom is -0.496 e. The number of para-hydroxylation sites is 3. The van der Waals surface area contributed by atoms with Crippen LogP contribution in [0.5, 0.6) is 5.75 Å². The van der Waals surface area contributed by atoms with Crippen LogP contribution in [0, 0.1) is 0 Å². The van der Waals surface area contributed by atoms with E-state index in [1.165, 1.54) is 0 Å². The molecule has 0 N–H and O–H groups in total. The zero-order valence-corrected chi connectivity index (χ0v) is 10.4. The summed E-state index contributed by atoms with van der Waals surface area (Å²) in [5, 5.41) is 0. The van der Waals surface area contributed by atoms with E-state index >= 15 is 0 Å². The third-order valence-corrected chi connectivity index (χ3v) is 3.14. The molecule has 18 heavy (non-hydrogen) atoms. The van der Waals surface area contributed by atoms with Crippen molar-refractivity contribution < 1.29 is 4.74 Å². The number of rotatable bonds is 2. The molecule has 0 radical (unpaired) electrons. The molecule has 2 aromatic carbocycles. The lowest BCUT2D eigenvalue weighted by Crippen LogP contribution is -1.95. The molecule has 0 bridgehead atoms. The van der Waals surface area contributed by atoms with E-state index < -0.39 is 0 Å². The van der Waals surface area contributed by atoms with Gasteiger partial charge in [-0.3, -0.25) is 0 Å². The van der Waals surface area contributed by atoms with Gasteiger partial charge in [0.25, 0.3) is 0 Å². The van der Waals surface area contributed by atoms with Crippen LogP contribution < -0.4 is 4.74 Å². The lowest BCUT2D eigenvalue weighted by atomic mass is 10.2. The normalized spacial score (nSPS) is 10.8. The largest absolute Gasteiger partial charge is 0.496 e. The number of benzene rings is 2. The molecule has 0 amide bonds. The number of ether oxygens (including phenoxy) is 1. The highest BCUT2D eigenvalue weighted by Crippen LogP contribution is 2.30. The minimum absolute atomic E-state index is 0.843. The van der Waals surface area contributed by atoms with Crippen LogP contribution in [0.2, 0.25) is 0 Å². The van der Waals surface area contributed by atoms with Gasteiger partial charge in [-0.2, -0.15) is 0 Å². The molecule has 0 unspecified atom stereocenters. The monoisotopic (exact) mass is 238 g/mol. The Kier molecular flexibility index (Phi) is 2.52. The predicted octanol–water partition coefficient (Wildman–Crippen LogP) is 3.25. The van der Waals surface area contributed by atoms with Crippen LogP contribution in [0.1, 0.15) is 0 Å². The van der Waals surface area contributed by atoms with Crippen molar-refractivity contribution in [1.29, 1.82) is 0 Å². The van der Waals surface area contributed by atoms with Crippen molar-refractivity contribution in [1.82, 2.24) is 9.55 Å². The topological polar surface area (TPSA) is 27.1 Å². The molecule has 90 valence electrons. The van der Waals surface area contributed by atoms with E-state index in [1.807, 2.05) is 49.5 Å². The van der Waals surface area contributed by atoms with Crippen molar-refractivity contribution in [3.05, 3.63) is 48.5 Å². The number of nitrogens with zero attached hydrogens (tertiary/aromatic N) is 2. The zero-order chi connectivity index (χ0) is 12.5. The van der Waals surface area contributed by atoms with E-state index in [1.54, 1.807) is 7.11 Å². The van der Waals surface area contributed by atoms with Gasteiger partial charge in [0.2, 0.25) is 0 Å². The summed E-state index contributed by atoms with van der Waals surface area (Å²) in [5.41, 5.74) is 3.14. The summed E-state index contributed by atoms with van der Waals surface area (Å²) in [5.74, 6) is 1.77. The molecular formula is C15H14N2O. The Bertz CT molecular complexity index is 701. The fourth-order valence-corrected chi connectivity index (χ4v) is 2.22. The molecule has 0 aliphatic carbocycles. The highest BCUT2D eigenvalue weighted by atomic mass is 16.5. The van der Waals surface area contributed by atoms with E-state index in [2.05, 4.69) is 15.6 Å². The van der Waals surface area contributed by atoms with Crippen molar-refractivity contribution in [2.24, 2.45) is 7.05 Å². The maximum Gasteiger partial charge on any atom is 0.144 e. The van der Waals surface area contributed by atoms with Crippen LogP contribution in [-0.2, 0) is 7.05 Å². The molecule has 3 nitrogen and oxygen atoms in total. The van der Waals surface area contributed by atoms with Crippen molar-refractivity contribution >= 4 is 11.0 Å². The third kappa shape index (κ3) is 1.56. The average molecular weight is 238 g/mol. The van der Waals surface area contributed by atoms with E-state index in [0.29, 0.717) is 0 Å². The van der Waals surface area contributed by atoms with Crippen LogP contribution in [0.4, 0.5) is 0 Å². The Hall–Kier alpha value is -2.29. The van der Waals surface area contributed by atoms with Gasteiger partial charge in [-0.25, -0.2) is 4.98 Å². The standard InChI is InChI=1S/C15H14N2O/c1-17-13-9-5-4-8-12(13)16-15(17)11-7-3-6-10-14(11)18-2/h3-10H,1-2H3. The number of hydrogen-bond donors (Lipinski definition) is 0. The van der Waals surface area contributed by atoms with Gasteiger partial charge >= 0.3 is 0 Å². The summed E-state index contributed by atoms with van der Waals surface area (Å²) in [7, 11) is 3.71. The first-order valence-corrected chi connectivity index (χ1v) is 5.86. The summed E-state index contributed by atoms with van der Waals surface area (Å²) < 4.78 is 7.49. The van der Waals surface area contributed by atoms with Gasteiger partial charge in [0.05, 0.1) is 23.7 Å². The first kappa shape index (κ1) is 10.8. The fourth-order valence-electron chi connectivity index (χ4n) is 2.22. The van der Waals surface area contributed by atoms with E-state index in [-0.39, 0.29) is 0 Å². The fraction of sp³-hybridized carbons (Fsp3) is 0.133. The predicted molar refractivity (Wildman–Crippen MR) is 72.7 cm³/mol. The van der Waals surface area contributed by atoms with E-state index in [4.69, 9.17) is 4.74 Å². The Labute approximate surface area is 106 Å². The first-order valence-electron chi connectivity index (χ1n) is 5.86. The SMILES string of the molecule is COc1ccccc1-c1nc2ccccc2n1C. The quantitative estimate of drug-likeness (QED) is 0.685. The number of methoxy groups -OCH3 is 1. The maximum absolute atomic E-state index is 5.40. The summed E-state index contributed by atoms with van der Waals surface area (Å²) in [6, 6.07) is 16.1. The van der Waals surface area contributed by atoms with Gasteiger partial charge in [-0.05, 0) is 24.3 Å². The molecule has 1 heterocycles. The van der Waals surface area contributed by atoms with Crippen LogP contribution >= 0.6 is 0 Å². The second kappa shape index (κ2) is 4.18. The molecule has 0 spiro atoms. The summed E-state index contributed by atoms with van der Waals surface area (Å²) >= 11 is 0. The molecule has 3 aromatic rings. The third-order valence-electron chi connectivity index (χ3n) is 3.14. The molecule has 0 saturated heterocycles. The maximum atomic E-state index is 5.40. The van der Waals surface area contributed by atoms with Gasteiger partial charge in [-0.1, -0.05) is 24.3 Å². The summed E-state index contributed by atoms with van der Waals surface area (Å²) in [6.07, 6.45) is 0. The van der Waals surface area contributed by atoms with Gasteiger partial charge < -0.3 is 9.30 Å². The molecule has 0 aliphatic rings. The summed E-state index contributed by atoms with van der Waals surface area (Å²) in [6.45, 7) is 0. The van der Waals surface area contributed by atoms with Crippen LogP contribution in [0.25, 0.3) is 22.4 Å². The van der Waals surface area contributed by atoms with Gasteiger partial charge in [-0.15, -0.1) is 0 Å². The number of imidazole rings is 1. The number of aryl methyl sites for hydroxylation is 1. The Morgan fingerprint density at radius 2 is 1.72 bits per heavy atom. The smallest absolute Gasteiger partial charge is 0.144 e. The van der Waals surface area contributed by atoms with Gasteiger partial charge in [0.15, 0.2) is 0 Å². The lowest BCUT2D eigenvalue weighted by Gasteiger charge is -2.07. The van der Waals surface area contributed by atoms with Crippen LogP contribution in [-0.4, -0.2) is 16.7 Å². The molecule has 1 aromatic heterocycles. The Balaban J connectivity index is 2.28. The molecule has 3 heteroatoms. The van der Waals surface area contributed by atoms with E-state index in [9.17, 15) is 0 Å². The van der Waals surface area contributed by atoms with Gasteiger partial charge in [0, 0.05) is 7.05 Å². The highest BCUT2D eigenvalue weighted by molar-refractivity contribution is 5.81. The molecule has 0 aliphatic heterocycles. The molecule has 0 atom stereocenters. The van der Waals surface area contributed by atoms with Crippen molar-refractivity contribution in [3.8, 4) is 17.1 Å². The molecular weight excluding hydrogens is 224 g/mol. The summed E-state index contributed by atoms with van der Waals surface area (Å²) in [4.78, 5) is 4.67.